The van der Waals surface area contributed by atoms with Crippen LogP contribution >= 0.6 is 0 Å². The van der Waals surface area contributed by atoms with Gasteiger partial charge in [0.05, 0.1) is 0 Å². The standard InChI is InChI=1S/C22H31N/c1-5-9-11-13-17-23(18-14-12-10-6-2)22-16-15-20(7-3)21(8-4)19-22/h3-4,15-16,19H,5-6,9-14,17-18H2,1-2H3. The lowest BCUT2D eigenvalue weighted by Gasteiger charge is -2.25. The van der Waals surface area contributed by atoms with E-state index in [1.807, 2.05) is 6.07 Å². The van der Waals surface area contributed by atoms with Gasteiger partial charge in [-0.2, -0.15) is 0 Å². The number of anilines is 1. The molecule has 1 rings (SSSR count). The van der Waals surface area contributed by atoms with Crippen molar-refractivity contribution in [1.29, 1.82) is 0 Å². The van der Waals surface area contributed by atoms with Crippen molar-refractivity contribution in [2.75, 3.05) is 18.0 Å². The van der Waals surface area contributed by atoms with Crippen LogP contribution in [0.4, 0.5) is 5.69 Å². The van der Waals surface area contributed by atoms with Crippen molar-refractivity contribution in [2.24, 2.45) is 0 Å². The Morgan fingerprint density at radius 1 is 0.783 bits per heavy atom. The summed E-state index contributed by atoms with van der Waals surface area (Å²) in [5.41, 5.74) is 2.86. The van der Waals surface area contributed by atoms with Gasteiger partial charge in [0.25, 0.3) is 0 Å². The monoisotopic (exact) mass is 309 g/mol. The van der Waals surface area contributed by atoms with E-state index in [1.54, 1.807) is 0 Å². The molecule has 0 unspecified atom stereocenters. The average Bonchev–Trinajstić information content (AvgIpc) is 2.59. The van der Waals surface area contributed by atoms with E-state index in [2.05, 4.69) is 42.7 Å². The SMILES string of the molecule is C#Cc1ccc(N(CCCCCC)CCCCCC)cc1C#C. The van der Waals surface area contributed by atoms with E-state index in [0.29, 0.717) is 0 Å². The third kappa shape index (κ3) is 6.83. The van der Waals surface area contributed by atoms with Gasteiger partial charge in [0.1, 0.15) is 0 Å². The van der Waals surface area contributed by atoms with Crippen LogP contribution in [-0.4, -0.2) is 13.1 Å². The third-order valence-electron chi connectivity index (χ3n) is 4.24. The summed E-state index contributed by atoms with van der Waals surface area (Å²) in [6.07, 6.45) is 21.4. The molecular weight excluding hydrogens is 278 g/mol. The van der Waals surface area contributed by atoms with E-state index < -0.39 is 0 Å². The number of terminal acetylenes is 2. The lowest BCUT2D eigenvalue weighted by Crippen LogP contribution is -2.25. The summed E-state index contributed by atoms with van der Waals surface area (Å²) in [5, 5.41) is 0. The van der Waals surface area contributed by atoms with Gasteiger partial charge in [0.15, 0.2) is 0 Å². The first-order chi connectivity index (χ1) is 11.3. The van der Waals surface area contributed by atoms with Gasteiger partial charge in [0, 0.05) is 29.9 Å². The molecule has 0 amide bonds. The number of unbranched alkanes of at least 4 members (excludes halogenated alkanes) is 6. The van der Waals surface area contributed by atoms with Crippen molar-refractivity contribution < 1.29 is 0 Å². The quantitative estimate of drug-likeness (QED) is 0.379. The summed E-state index contributed by atoms with van der Waals surface area (Å²) in [6, 6.07) is 6.18. The van der Waals surface area contributed by atoms with Crippen LogP contribution in [0.2, 0.25) is 0 Å². The van der Waals surface area contributed by atoms with Crippen LogP contribution in [0.3, 0.4) is 0 Å². The van der Waals surface area contributed by atoms with E-state index in [-0.39, 0.29) is 0 Å². The Hall–Kier alpha value is -1.86. The molecule has 0 aliphatic carbocycles. The minimum Gasteiger partial charge on any atom is -0.372 e. The minimum atomic E-state index is 0.813. The molecule has 0 radical (unpaired) electrons. The van der Waals surface area contributed by atoms with Crippen LogP contribution in [0, 0.1) is 24.7 Å². The van der Waals surface area contributed by atoms with Crippen LogP contribution in [0.1, 0.15) is 76.3 Å². The zero-order chi connectivity index (χ0) is 16.9. The zero-order valence-electron chi connectivity index (χ0n) is 14.9. The summed E-state index contributed by atoms with van der Waals surface area (Å²) in [4.78, 5) is 2.48. The first kappa shape index (κ1) is 19.2. The summed E-state index contributed by atoms with van der Waals surface area (Å²) in [6.45, 7) is 6.71. The second-order valence-electron chi connectivity index (χ2n) is 6.13. The lowest BCUT2D eigenvalue weighted by molar-refractivity contribution is 0.609. The lowest BCUT2D eigenvalue weighted by atomic mass is 10.1. The average molecular weight is 309 g/mol. The van der Waals surface area contributed by atoms with Crippen LogP contribution in [0.25, 0.3) is 0 Å². The molecular formula is C22H31N. The Labute approximate surface area is 143 Å². The largest absolute Gasteiger partial charge is 0.372 e. The first-order valence-corrected chi connectivity index (χ1v) is 9.09. The van der Waals surface area contributed by atoms with Gasteiger partial charge in [-0.15, -0.1) is 12.8 Å². The number of hydrogen-bond acceptors (Lipinski definition) is 1. The van der Waals surface area contributed by atoms with E-state index in [9.17, 15) is 0 Å². The van der Waals surface area contributed by atoms with Crippen LogP contribution in [0.5, 0.6) is 0 Å². The molecule has 0 bridgehead atoms. The Morgan fingerprint density at radius 2 is 1.35 bits per heavy atom. The van der Waals surface area contributed by atoms with E-state index in [0.717, 1.165) is 24.2 Å². The van der Waals surface area contributed by atoms with Gasteiger partial charge >= 0.3 is 0 Å². The van der Waals surface area contributed by atoms with E-state index in [1.165, 1.54) is 57.1 Å². The summed E-state index contributed by atoms with van der Waals surface area (Å²) >= 11 is 0. The van der Waals surface area contributed by atoms with Crippen molar-refractivity contribution in [3.63, 3.8) is 0 Å². The second-order valence-corrected chi connectivity index (χ2v) is 6.13. The molecule has 1 aromatic rings. The predicted molar refractivity (Wildman–Crippen MR) is 103 cm³/mol. The van der Waals surface area contributed by atoms with Crippen LogP contribution in [-0.2, 0) is 0 Å². The van der Waals surface area contributed by atoms with Crippen molar-refractivity contribution >= 4 is 5.69 Å². The maximum atomic E-state index is 5.61. The molecule has 124 valence electrons. The molecule has 0 saturated heterocycles. The number of hydrogen-bond donors (Lipinski definition) is 0. The molecule has 0 spiro atoms. The molecule has 0 aromatic heterocycles. The topological polar surface area (TPSA) is 3.24 Å². The first-order valence-electron chi connectivity index (χ1n) is 9.09. The summed E-state index contributed by atoms with van der Waals surface area (Å²) in [7, 11) is 0. The van der Waals surface area contributed by atoms with Gasteiger partial charge in [-0.3, -0.25) is 0 Å². The minimum absolute atomic E-state index is 0.813. The molecule has 0 heterocycles. The van der Waals surface area contributed by atoms with Gasteiger partial charge in [-0.25, -0.2) is 0 Å². The van der Waals surface area contributed by atoms with Crippen molar-refractivity contribution in [1.82, 2.24) is 0 Å². The molecule has 0 saturated carbocycles. The Balaban J connectivity index is 2.76. The zero-order valence-corrected chi connectivity index (χ0v) is 14.9. The van der Waals surface area contributed by atoms with Gasteiger partial charge in [0.2, 0.25) is 0 Å². The fourth-order valence-corrected chi connectivity index (χ4v) is 2.80. The van der Waals surface area contributed by atoms with Crippen molar-refractivity contribution in [3.05, 3.63) is 29.3 Å². The third-order valence-corrected chi connectivity index (χ3v) is 4.24. The molecule has 1 heteroatoms. The van der Waals surface area contributed by atoms with E-state index in [4.69, 9.17) is 12.8 Å². The normalized spacial score (nSPS) is 10.1. The Kier molecular flexibility index (Phi) is 9.74. The maximum Gasteiger partial charge on any atom is 0.0419 e. The van der Waals surface area contributed by atoms with Gasteiger partial charge < -0.3 is 4.90 Å². The van der Waals surface area contributed by atoms with Gasteiger partial charge in [-0.05, 0) is 31.0 Å². The van der Waals surface area contributed by atoms with Crippen LogP contribution < -0.4 is 4.90 Å². The summed E-state index contributed by atoms with van der Waals surface area (Å²) < 4.78 is 0. The number of rotatable bonds is 11. The maximum absolute atomic E-state index is 5.61. The Bertz CT molecular complexity index is 518. The highest BCUT2D eigenvalue weighted by molar-refractivity contribution is 5.59. The van der Waals surface area contributed by atoms with E-state index >= 15 is 0 Å². The highest BCUT2D eigenvalue weighted by Gasteiger charge is 2.08. The molecule has 1 nitrogen and oxygen atoms in total. The molecule has 0 fully saturated rings. The second kappa shape index (κ2) is 11.7. The Morgan fingerprint density at radius 3 is 1.83 bits per heavy atom. The highest BCUT2D eigenvalue weighted by Crippen LogP contribution is 2.21. The number of nitrogens with zero attached hydrogens (tertiary/aromatic N) is 1. The molecule has 0 N–H and O–H groups in total. The smallest absolute Gasteiger partial charge is 0.0419 e. The molecule has 0 aliphatic rings. The van der Waals surface area contributed by atoms with Crippen molar-refractivity contribution in [3.8, 4) is 24.7 Å². The van der Waals surface area contributed by atoms with Gasteiger partial charge in [-0.1, -0.05) is 64.2 Å². The molecule has 0 atom stereocenters. The highest BCUT2D eigenvalue weighted by atomic mass is 15.1. The van der Waals surface area contributed by atoms with Crippen LogP contribution in [0.15, 0.2) is 18.2 Å². The molecule has 0 aliphatic heterocycles. The molecule has 1 aromatic carbocycles. The summed E-state index contributed by atoms with van der Waals surface area (Å²) in [5.74, 6) is 5.40. The fraction of sp³-hybridized carbons (Fsp3) is 0.545. The fourth-order valence-electron chi connectivity index (χ4n) is 2.80. The van der Waals surface area contributed by atoms with Crippen molar-refractivity contribution in [2.45, 2.75) is 65.2 Å². The predicted octanol–water partition coefficient (Wildman–Crippen LogP) is 5.62. The number of benzene rings is 1. The molecule has 23 heavy (non-hydrogen) atoms.